The van der Waals surface area contributed by atoms with E-state index < -0.39 is 0 Å². The summed E-state index contributed by atoms with van der Waals surface area (Å²) in [5.41, 5.74) is 2.50. The molecule has 0 saturated heterocycles. The first-order valence-corrected chi connectivity index (χ1v) is 9.07. The summed E-state index contributed by atoms with van der Waals surface area (Å²) in [6, 6.07) is 23.4. The van der Waals surface area contributed by atoms with Crippen molar-refractivity contribution in [2.24, 2.45) is 0 Å². The normalized spacial score (nSPS) is 12.0. The van der Waals surface area contributed by atoms with Gasteiger partial charge in [0.05, 0.1) is 0 Å². The second kappa shape index (κ2) is 8.48. The van der Waals surface area contributed by atoms with Crippen LogP contribution in [0.1, 0.15) is 37.9 Å². The van der Waals surface area contributed by atoms with E-state index in [1.807, 2.05) is 18.2 Å². The maximum absolute atomic E-state index is 4.51. The van der Waals surface area contributed by atoms with Gasteiger partial charge in [-0.25, -0.2) is 9.97 Å². The summed E-state index contributed by atoms with van der Waals surface area (Å²) in [4.78, 5) is 11.2. The molecule has 0 aliphatic carbocycles. The van der Waals surface area contributed by atoms with E-state index in [0.717, 1.165) is 18.2 Å². The summed E-state index contributed by atoms with van der Waals surface area (Å²) in [6.45, 7) is 7.33. The fourth-order valence-electron chi connectivity index (χ4n) is 2.94. The first-order valence-electron chi connectivity index (χ1n) is 9.07. The van der Waals surface area contributed by atoms with Crippen LogP contribution in [0.5, 0.6) is 0 Å². The Labute approximate surface area is 155 Å². The number of benzene rings is 2. The van der Waals surface area contributed by atoms with Gasteiger partial charge in [0.25, 0.3) is 0 Å². The highest BCUT2D eigenvalue weighted by Crippen LogP contribution is 2.22. The molecule has 4 heteroatoms. The zero-order valence-corrected chi connectivity index (χ0v) is 15.6. The predicted octanol–water partition coefficient (Wildman–Crippen LogP) is 5.06. The number of rotatable bonds is 7. The van der Waals surface area contributed by atoms with Crippen molar-refractivity contribution in [2.75, 3.05) is 10.2 Å². The van der Waals surface area contributed by atoms with Gasteiger partial charge in [0, 0.05) is 24.7 Å². The number of nitrogens with one attached hydrogen (secondary N) is 1. The SMILES string of the molecule is CC(Nc1cc(N(Cc2ccccc2)C(C)C)ncn1)c1ccccc1. The fourth-order valence-corrected chi connectivity index (χ4v) is 2.94. The molecule has 0 spiro atoms. The molecule has 0 fully saturated rings. The second-order valence-electron chi connectivity index (χ2n) is 6.75. The second-order valence-corrected chi connectivity index (χ2v) is 6.75. The van der Waals surface area contributed by atoms with Crippen LogP contribution in [0.15, 0.2) is 73.1 Å². The molecule has 4 nitrogen and oxygen atoms in total. The Hall–Kier alpha value is -2.88. The smallest absolute Gasteiger partial charge is 0.134 e. The van der Waals surface area contributed by atoms with E-state index in [4.69, 9.17) is 0 Å². The van der Waals surface area contributed by atoms with Crippen molar-refractivity contribution in [3.05, 3.63) is 84.2 Å². The topological polar surface area (TPSA) is 41.0 Å². The minimum atomic E-state index is 0.181. The molecule has 134 valence electrons. The molecule has 0 aliphatic rings. The lowest BCUT2D eigenvalue weighted by molar-refractivity contribution is 0.671. The molecule has 2 aromatic carbocycles. The molecule has 0 radical (unpaired) electrons. The van der Waals surface area contributed by atoms with Gasteiger partial charge in [-0.15, -0.1) is 0 Å². The van der Waals surface area contributed by atoms with E-state index in [1.54, 1.807) is 6.33 Å². The van der Waals surface area contributed by atoms with Crippen molar-refractivity contribution in [3.63, 3.8) is 0 Å². The van der Waals surface area contributed by atoms with Crippen LogP contribution in [-0.4, -0.2) is 16.0 Å². The summed E-state index contributed by atoms with van der Waals surface area (Å²) in [5, 5.41) is 3.48. The quantitative estimate of drug-likeness (QED) is 0.649. The third kappa shape index (κ3) is 4.60. The van der Waals surface area contributed by atoms with Crippen LogP contribution in [-0.2, 0) is 6.54 Å². The molecule has 3 rings (SSSR count). The molecule has 1 heterocycles. The van der Waals surface area contributed by atoms with Crippen molar-refractivity contribution < 1.29 is 0 Å². The Morgan fingerprint density at radius 2 is 1.54 bits per heavy atom. The average Bonchev–Trinajstić information content (AvgIpc) is 2.67. The minimum Gasteiger partial charge on any atom is -0.363 e. The molecule has 1 N–H and O–H groups in total. The van der Waals surface area contributed by atoms with E-state index >= 15 is 0 Å². The summed E-state index contributed by atoms with van der Waals surface area (Å²) in [6.07, 6.45) is 1.63. The first kappa shape index (κ1) is 17.9. The maximum atomic E-state index is 4.51. The van der Waals surface area contributed by atoms with E-state index in [1.165, 1.54) is 11.1 Å². The van der Waals surface area contributed by atoms with Gasteiger partial charge in [0.2, 0.25) is 0 Å². The molecule has 3 aromatic rings. The Morgan fingerprint density at radius 3 is 2.19 bits per heavy atom. The molecule has 1 atom stereocenters. The summed E-state index contributed by atoms with van der Waals surface area (Å²) >= 11 is 0. The number of anilines is 2. The van der Waals surface area contributed by atoms with Crippen LogP contribution in [0.2, 0.25) is 0 Å². The zero-order valence-electron chi connectivity index (χ0n) is 15.6. The largest absolute Gasteiger partial charge is 0.363 e. The molecule has 0 bridgehead atoms. The standard InChI is InChI=1S/C22H26N4/c1-17(2)26(15-19-10-6-4-7-11-19)22-14-21(23-16-24-22)25-18(3)20-12-8-5-9-13-20/h4-14,16-18H,15H2,1-3H3,(H,23,24,25). The number of hydrogen-bond donors (Lipinski definition) is 1. The lowest BCUT2D eigenvalue weighted by Gasteiger charge is -2.28. The van der Waals surface area contributed by atoms with Crippen molar-refractivity contribution >= 4 is 11.6 Å². The van der Waals surface area contributed by atoms with E-state index in [-0.39, 0.29) is 6.04 Å². The number of nitrogens with zero attached hydrogens (tertiary/aromatic N) is 3. The Balaban J connectivity index is 1.78. The van der Waals surface area contributed by atoms with E-state index in [9.17, 15) is 0 Å². The van der Waals surface area contributed by atoms with Gasteiger partial charge in [0.1, 0.15) is 18.0 Å². The molecule has 0 amide bonds. The average molecular weight is 346 g/mol. The predicted molar refractivity (Wildman–Crippen MR) is 108 cm³/mol. The number of aromatic nitrogens is 2. The lowest BCUT2D eigenvalue weighted by Crippen LogP contribution is -2.31. The highest BCUT2D eigenvalue weighted by molar-refractivity contribution is 5.50. The lowest BCUT2D eigenvalue weighted by atomic mass is 10.1. The van der Waals surface area contributed by atoms with E-state index in [0.29, 0.717) is 6.04 Å². The van der Waals surface area contributed by atoms with Gasteiger partial charge in [-0.3, -0.25) is 0 Å². The molecule has 1 aromatic heterocycles. The minimum absolute atomic E-state index is 0.181. The van der Waals surface area contributed by atoms with Gasteiger partial charge in [-0.1, -0.05) is 60.7 Å². The van der Waals surface area contributed by atoms with Crippen LogP contribution < -0.4 is 10.2 Å². The van der Waals surface area contributed by atoms with Crippen LogP contribution in [0.4, 0.5) is 11.6 Å². The maximum Gasteiger partial charge on any atom is 0.134 e. The molecule has 0 saturated carbocycles. The Morgan fingerprint density at radius 1 is 0.885 bits per heavy atom. The zero-order chi connectivity index (χ0) is 18.4. The van der Waals surface area contributed by atoms with Gasteiger partial charge in [-0.05, 0) is 31.9 Å². The molecule has 26 heavy (non-hydrogen) atoms. The van der Waals surface area contributed by atoms with Gasteiger partial charge >= 0.3 is 0 Å². The van der Waals surface area contributed by atoms with Crippen LogP contribution in [0, 0.1) is 0 Å². The third-order valence-electron chi connectivity index (χ3n) is 4.43. The monoisotopic (exact) mass is 346 g/mol. The van der Waals surface area contributed by atoms with Crippen LogP contribution in [0.25, 0.3) is 0 Å². The van der Waals surface area contributed by atoms with Crippen molar-refractivity contribution in [2.45, 2.75) is 39.4 Å². The molecular weight excluding hydrogens is 320 g/mol. The molecule has 0 aliphatic heterocycles. The van der Waals surface area contributed by atoms with Crippen molar-refractivity contribution in [1.82, 2.24) is 9.97 Å². The van der Waals surface area contributed by atoms with Crippen molar-refractivity contribution in [3.8, 4) is 0 Å². The van der Waals surface area contributed by atoms with Gasteiger partial charge in [0.15, 0.2) is 0 Å². The molecule has 1 unspecified atom stereocenters. The van der Waals surface area contributed by atoms with Gasteiger partial charge < -0.3 is 10.2 Å². The Kier molecular flexibility index (Phi) is 5.84. The number of hydrogen-bond acceptors (Lipinski definition) is 4. The highest BCUT2D eigenvalue weighted by atomic mass is 15.2. The third-order valence-corrected chi connectivity index (χ3v) is 4.43. The fraction of sp³-hybridized carbons (Fsp3) is 0.273. The van der Waals surface area contributed by atoms with Crippen LogP contribution in [0.3, 0.4) is 0 Å². The Bertz CT molecular complexity index is 803. The first-order chi connectivity index (χ1) is 12.6. The highest BCUT2D eigenvalue weighted by Gasteiger charge is 2.14. The van der Waals surface area contributed by atoms with E-state index in [2.05, 4.69) is 89.5 Å². The summed E-state index contributed by atoms with van der Waals surface area (Å²) < 4.78 is 0. The van der Waals surface area contributed by atoms with Crippen molar-refractivity contribution in [1.29, 1.82) is 0 Å². The summed E-state index contributed by atoms with van der Waals surface area (Å²) in [7, 11) is 0. The van der Waals surface area contributed by atoms with Gasteiger partial charge in [-0.2, -0.15) is 0 Å². The van der Waals surface area contributed by atoms with Crippen LogP contribution >= 0.6 is 0 Å². The summed E-state index contributed by atoms with van der Waals surface area (Å²) in [5.74, 6) is 1.77. The molecular formula is C22H26N4.